The first-order valence-corrected chi connectivity index (χ1v) is 6.66. The summed E-state index contributed by atoms with van der Waals surface area (Å²) >= 11 is 3.19. The van der Waals surface area contributed by atoms with Gasteiger partial charge >= 0.3 is 0 Å². The van der Waals surface area contributed by atoms with Crippen LogP contribution in [0.1, 0.15) is 6.42 Å². The molecule has 0 aliphatic heterocycles. The second-order valence-corrected chi connectivity index (χ2v) is 4.74. The Morgan fingerprint density at radius 2 is 2.37 bits per heavy atom. The predicted octanol–water partition coefficient (Wildman–Crippen LogP) is -0.193. The fourth-order valence-corrected chi connectivity index (χ4v) is 1.94. The lowest BCUT2D eigenvalue weighted by Gasteiger charge is -2.12. The summed E-state index contributed by atoms with van der Waals surface area (Å²) in [6, 6.07) is 0. The monoisotopic (exact) mass is 335 g/mol. The number of aromatic nitrogens is 2. The zero-order valence-electron chi connectivity index (χ0n) is 10.7. The van der Waals surface area contributed by atoms with Crippen LogP contribution in [0.25, 0.3) is 0 Å². The molecule has 0 spiro atoms. The van der Waals surface area contributed by atoms with Crippen LogP contribution in [0, 0.1) is 0 Å². The zero-order valence-corrected chi connectivity index (χ0v) is 12.3. The van der Waals surface area contributed by atoms with Crippen LogP contribution in [0.2, 0.25) is 0 Å². The van der Waals surface area contributed by atoms with Gasteiger partial charge in [0.2, 0.25) is 0 Å². The Hall–Kier alpha value is -0.960. The Balaban J connectivity index is 2.60. The van der Waals surface area contributed by atoms with Gasteiger partial charge in [-0.15, -0.1) is 0 Å². The van der Waals surface area contributed by atoms with E-state index in [-0.39, 0.29) is 25.3 Å². The van der Waals surface area contributed by atoms with Crippen molar-refractivity contribution in [2.24, 2.45) is 0 Å². The molecule has 0 bridgehead atoms. The maximum atomic E-state index is 11.8. The maximum Gasteiger partial charge on any atom is 0.283 e. The highest BCUT2D eigenvalue weighted by atomic mass is 79.9. The van der Waals surface area contributed by atoms with Crippen molar-refractivity contribution in [3.8, 4) is 0 Å². The summed E-state index contributed by atoms with van der Waals surface area (Å²) < 4.78 is 6.35. The van der Waals surface area contributed by atoms with E-state index >= 15 is 0 Å². The normalized spacial score (nSPS) is 12.4. The van der Waals surface area contributed by atoms with Crippen molar-refractivity contribution < 1.29 is 14.9 Å². The van der Waals surface area contributed by atoms with Gasteiger partial charge in [0.1, 0.15) is 4.47 Å². The lowest BCUT2D eigenvalue weighted by atomic mass is 10.2. The van der Waals surface area contributed by atoms with Crippen LogP contribution in [-0.2, 0) is 11.3 Å². The van der Waals surface area contributed by atoms with Crippen molar-refractivity contribution in [2.75, 3.05) is 32.2 Å². The molecule has 0 radical (unpaired) electrons. The summed E-state index contributed by atoms with van der Waals surface area (Å²) in [7, 11) is 1.53. The Bertz CT molecular complexity index is 452. The minimum absolute atomic E-state index is 0.144. The summed E-state index contributed by atoms with van der Waals surface area (Å²) in [5.41, 5.74) is 0.250. The SMILES string of the molecule is COCC(O)CCNc1cnn(CCO)c(=O)c1Br. The zero-order chi connectivity index (χ0) is 14.3. The van der Waals surface area contributed by atoms with Gasteiger partial charge in [-0.3, -0.25) is 4.79 Å². The van der Waals surface area contributed by atoms with Crippen LogP contribution in [0.5, 0.6) is 0 Å². The summed E-state index contributed by atoms with van der Waals surface area (Å²) in [4.78, 5) is 11.8. The second-order valence-electron chi connectivity index (χ2n) is 3.95. The number of hydrogen-bond donors (Lipinski definition) is 3. The number of methoxy groups -OCH3 is 1. The van der Waals surface area contributed by atoms with Crippen molar-refractivity contribution in [1.82, 2.24) is 9.78 Å². The molecule has 0 saturated carbocycles. The number of ether oxygens (including phenoxy) is 1. The first-order valence-electron chi connectivity index (χ1n) is 5.87. The van der Waals surface area contributed by atoms with E-state index in [4.69, 9.17) is 9.84 Å². The van der Waals surface area contributed by atoms with Crippen molar-refractivity contribution in [1.29, 1.82) is 0 Å². The van der Waals surface area contributed by atoms with Crippen LogP contribution < -0.4 is 10.9 Å². The molecule has 0 saturated heterocycles. The molecule has 19 heavy (non-hydrogen) atoms. The van der Waals surface area contributed by atoms with Gasteiger partial charge in [0.05, 0.1) is 37.7 Å². The Kier molecular flexibility index (Phi) is 7.00. The van der Waals surface area contributed by atoms with Gasteiger partial charge in [-0.2, -0.15) is 5.10 Å². The molecular formula is C11H18BrN3O4. The van der Waals surface area contributed by atoms with Crippen LogP contribution in [0.4, 0.5) is 5.69 Å². The van der Waals surface area contributed by atoms with E-state index in [1.807, 2.05) is 0 Å². The van der Waals surface area contributed by atoms with Gasteiger partial charge < -0.3 is 20.3 Å². The number of aliphatic hydroxyl groups excluding tert-OH is 2. The Morgan fingerprint density at radius 1 is 1.63 bits per heavy atom. The van der Waals surface area contributed by atoms with Crippen LogP contribution >= 0.6 is 15.9 Å². The molecule has 1 rings (SSSR count). The minimum Gasteiger partial charge on any atom is -0.394 e. The number of nitrogens with one attached hydrogen (secondary N) is 1. The van der Waals surface area contributed by atoms with Gasteiger partial charge in [0, 0.05) is 13.7 Å². The molecule has 8 heteroatoms. The standard InChI is InChI=1S/C11H18BrN3O4/c1-19-7-8(17)2-3-13-9-6-14-15(4-5-16)11(18)10(9)12/h6,8,13,16-17H,2-5,7H2,1H3. The third-order valence-corrected chi connectivity index (χ3v) is 3.22. The summed E-state index contributed by atoms with van der Waals surface area (Å²) in [6.45, 7) is 0.785. The van der Waals surface area contributed by atoms with Gasteiger partial charge in [-0.1, -0.05) is 0 Å². The molecule has 0 amide bonds. The quantitative estimate of drug-likeness (QED) is 0.609. The lowest BCUT2D eigenvalue weighted by molar-refractivity contribution is 0.0615. The first kappa shape index (κ1) is 16.1. The third kappa shape index (κ3) is 4.90. The van der Waals surface area contributed by atoms with Gasteiger partial charge in [-0.05, 0) is 22.4 Å². The molecule has 1 unspecified atom stereocenters. The molecule has 7 nitrogen and oxygen atoms in total. The molecule has 3 N–H and O–H groups in total. The molecule has 1 heterocycles. The van der Waals surface area contributed by atoms with Crippen molar-refractivity contribution in [3.05, 3.63) is 21.0 Å². The number of aliphatic hydroxyl groups is 2. The highest BCUT2D eigenvalue weighted by Crippen LogP contribution is 2.16. The van der Waals surface area contributed by atoms with E-state index in [0.717, 1.165) is 0 Å². The predicted molar refractivity (Wildman–Crippen MR) is 74.3 cm³/mol. The first-order chi connectivity index (χ1) is 9.10. The maximum absolute atomic E-state index is 11.8. The molecule has 0 aliphatic carbocycles. The third-order valence-electron chi connectivity index (χ3n) is 2.45. The van der Waals surface area contributed by atoms with Crippen LogP contribution in [0.3, 0.4) is 0 Å². The van der Waals surface area contributed by atoms with E-state index < -0.39 is 6.10 Å². The fourth-order valence-electron chi connectivity index (χ4n) is 1.49. The minimum atomic E-state index is -0.543. The van der Waals surface area contributed by atoms with Gasteiger partial charge in [-0.25, -0.2) is 4.68 Å². The van der Waals surface area contributed by atoms with Crippen molar-refractivity contribution >= 4 is 21.6 Å². The van der Waals surface area contributed by atoms with E-state index in [2.05, 4.69) is 26.3 Å². The summed E-state index contributed by atoms with van der Waals surface area (Å²) in [5.74, 6) is 0. The second kappa shape index (κ2) is 8.26. The molecule has 0 aromatic carbocycles. The number of anilines is 1. The molecule has 108 valence electrons. The lowest BCUT2D eigenvalue weighted by Crippen LogP contribution is -2.26. The highest BCUT2D eigenvalue weighted by Gasteiger charge is 2.09. The average Bonchev–Trinajstić information content (AvgIpc) is 2.38. The highest BCUT2D eigenvalue weighted by molar-refractivity contribution is 9.10. The number of rotatable bonds is 8. The largest absolute Gasteiger partial charge is 0.394 e. The average molecular weight is 336 g/mol. The summed E-state index contributed by atoms with van der Waals surface area (Å²) in [6.07, 6.45) is 1.46. The molecule has 1 atom stereocenters. The topological polar surface area (TPSA) is 96.6 Å². The molecular weight excluding hydrogens is 318 g/mol. The fraction of sp³-hybridized carbons (Fsp3) is 0.636. The number of halogens is 1. The Labute approximate surface area is 119 Å². The van der Waals surface area contributed by atoms with Gasteiger partial charge in [0.15, 0.2) is 0 Å². The smallest absolute Gasteiger partial charge is 0.283 e. The Morgan fingerprint density at radius 3 is 3.00 bits per heavy atom. The van der Waals surface area contributed by atoms with E-state index in [1.165, 1.54) is 18.0 Å². The van der Waals surface area contributed by atoms with E-state index in [1.54, 1.807) is 0 Å². The van der Waals surface area contributed by atoms with Crippen molar-refractivity contribution in [3.63, 3.8) is 0 Å². The van der Waals surface area contributed by atoms with Crippen LogP contribution in [0.15, 0.2) is 15.5 Å². The number of hydrogen-bond acceptors (Lipinski definition) is 6. The summed E-state index contributed by atoms with van der Waals surface area (Å²) in [5, 5.41) is 25.2. The van der Waals surface area contributed by atoms with E-state index in [0.29, 0.717) is 23.1 Å². The van der Waals surface area contributed by atoms with Crippen LogP contribution in [-0.4, -0.2) is 53.0 Å². The molecule has 1 aromatic rings. The van der Waals surface area contributed by atoms with Crippen molar-refractivity contribution in [2.45, 2.75) is 19.1 Å². The molecule has 0 aliphatic rings. The van der Waals surface area contributed by atoms with E-state index in [9.17, 15) is 9.90 Å². The number of nitrogens with zero attached hydrogens (tertiary/aromatic N) is 2. The molecule has 0 fully saturated rings. The molecule has 1 aromatic heterocycles. The van der Waals surface area contributed by atoms with Gasteiger partial charge in [0.25, 0.3) is 5.56 Å².